The third-order valence-electron chi connectivity index (χ3n) is 1.26. The molecule has 62 valence electrons. The zero-order valence-electron chi connectivity index (χ0n) is 7.13. The van der Waals surface area contributed by atoms with Crippen LogP contribution < -0.4 is 0 Å². The van der Waals surface area contributed by atoms with E-state index in [-0.39, 0.29) is 6.10 Å². The molecule has 0 aromatic carbocycles. The molecule has 0 aliphatic heterocycles. The number of hydrogen-bond acceptors (Lipinski definition) is 1. The number of alkyl halides is 1. The van der Waals surface area contributed by atoms with E-state index >= 15 is 0 Å². The van der Waals surface area contributed by atoms with Crippen molar-refractivity contribution in [2.24, 2.45) is 0 Å². The van der Waals surface area contributed by atoms with E-state index in [0.29, 0.717) is 3.92 Å². The maximum absolute atomic E-state index is 9.44. The Labute approximate surface area is 77.0 Å². The second-order valence-electron chi connectivity index (χ2n) is 3.72. The zero-order valence-corrected chi connectivity index (χ0v) is 9.29. The Balaban J connectivity index is 3.68. The first-order valence-corrected chi connectivity index (χ1v) is 4.70. The van der Waals surface area contributed by atoms with Crippen LogP contribution in [-0.2, 0) is 0 Å². The highest BCUT2D eigenvalue weighted by Gasteiger charge is 2.18. The molecule has 0 aromatic heterocycles. The number of aliphatic hydroxyl groups is 1. The number of aliphatic hydroxyl groups excluding tert-OH is 1. The number of nitrogens with zero attached hydrogens (tertiary/aromatic N) is 1. The maximum atomic E-state index is 9.44. The van der Waals surface area contributed by atoms with E-state index in [1.807, 2.05) is 6.92 Å². The van der Waals surface area contributed by atoms with Gasteiger partial charge < -0.3 is 9.59 Å². The van der Waals surface area contributed by atoms with Gasteiger partial charge in [-0.25, -0.2) is 0 Å². The Morgan fingerprint density at radius 2 is 1.80 bits per heavy atom. The SMILES string of the molecule is CC(I)C(O)C[N+](C)(C)C. The molecule has 1 N–H and O–H groups in total. The van der Waals surface area contributed by atoms with Crippen LogP contribution in [0.4, 0.5) is 0 Å². The van der Waals surface area contributed by atoms with Gasteiger partial charge in [-0.15, -0.1) is 0 Å². The lowest BCUT2D eigenvalue weighted by Gasteiger charge is -2.27. The summed E-state index contributed by atoms with van der Waals surface area (Å²) in [4.78, 5) is 0. The van der Waals surface area contributed by atoms with Gasteiger partial charge in [0.25, 0.3) is 0 Å². The monoisotopic (exact) mass is 258 g/mol. The van der Waals surface area contributed by atoms with Crippen LogP contribution in [0.5, 0.6) is 0 Å². The lowest BCUT2D eigenvalue weighted by Crippen LogP contribution is -2.43. The van der Waals surface area contributed by atoms with Crippen LogP contribution in [0.1, 0.15) is 6.92 Å². The van der Waals surface area contributed by atoms with Gasteiger partial charge >= 0.3 is 0 Å². The molecule has 0 radical (unpaired) electrons. The molecule has 2 unspecified atom stereocenters. The molecule has 0 fully saturated rings. The van der Waals surface area contributed by atoms with Gasteiger partial charge in [0.1, 0.15) is 12.6 Å². The second kappa shape index (κ2) is 3.88. The highest BCUT2D eigenvalue weighted by Crippen LogP contribution is 2.07. The minimum atomic E-state index is -0.180. The molecule has 0 spiro atoms. The van der Waals surface area contributed by atoms with E-state index in [9.17, 15) is 5.11 Å². The fourth-order valence-corrected chi connectivity index (χ4v) is 0.934. The highest BCUT2D eigenvalue weighted by atomic mass is 127. The molecular weight excluding hydrogens is 241 g/mol. The van der Waals surface area contributed by atoms with Crippen LogP contribution in [0.15, 0.2) is 0 Å². The topological polar surface area (TPSA) is 20.2 Å². The summed E-state index contributed by atoms with van der Waals surface area (Å²) in [5.41, 5.74) is 0. The lowest BCUT2D eigenvalue weighted by molar-refractivity contribution is -0.873. The molecule has 0 amide bonds. The summed E-state index contributed by atoms with van der Waals surface area (Å²) < 4.78 is 1.17. The molecule has 0 aliphatic rings. The van der Waals surface area contributed by atoms with E-state index in [1.54, 1.807) is 0 Å². The van der Waals surface area contributed by atoms with E-state index in [4.69, 9.17) is 0 Å². The molecule has 0 aliphatic carbocycles. The number of rotatable bonds is 3. The van der Waals surface area contributed by atoms with Crippen molar-refractivity contribution in [2.75, 3.05) is 27.7 Å². The molecular formula is C7H17INO+. The Morgan fingerprint density at radius 3 is 1.90 bits per heavy atom. The van der Waals surface area contributed by atoms with Crippen LogP contribution in [0, 0.1) is 0 Å². The lowest BCUT2D eigenvalue weighted by atomic mass is 10.2. The molecule has 0 heterocycles. The van der Waals surface area contributed by atoms with Crippen LogP contribution in [0.2, 0.25) is 0 Å². The first-order valence-electron chi connectivity index (χ1n) is 3.45. The van der Waals surface area contributed by atoms with Crippen molar-refractivity contribution in [2.45, 2.75) is 17.0 Å². The van der Waals surface area contributed by atoms with Gasteiger partial charge in [0.05, 0.1) is 21.1 Å². The van der Waals surface area contributed by atoms with Gasteiger partial charge in [-0.3, -0.25) is 0 Å². The molecule has 0 saturated heterocycles. The minimum absolute atomic E-state index is 0.180. The van der Waals surface area contributed by atoms with E-state index < -0.39 is 0 Å². The predicted molar refractivity (Wildman–Crippen MR) is 52.4 cm³/mol. The zero-order chi connectivity index (χ0) is 8.36. The molecule has 0 saturated carbocycles. The molecule has 0 rings (SSSR count). The highest BCUT2D eigenvalue weighted by molar-refractivity contribution is 14.1. The number of halogens is 1. The van der Waals surface area contributed by atoms with Crippen molar-refractivity contribution < 1.29 is 9.59 Å². The predicted octanol–water partition coefficient (Wildman–Crippen LogP) is 0.877. The smallest absolute Gasteiger partial charge is 0.114 e. The van der Waals surface area contributed by atoms with Gasteiger partial charge in [-0.1, -0.05) is 29.5 Å². The summed E-state index contributed by atoms with van der Waals surface area (Å²) in [6.45, 7) is 2.85. The third-order valence-corrected chi connectivity index (χ3v) is 2.10. The van der Waals surface area contributed by atoms with Gasteiger partial charge in [-0.2, -0.15) is 0 Å². The first-order chi connectivity index (χ1) is 4.33. The molecule has 2 nitrogen and oxygen atoms in total. The van der Waals surface area contributed by atoms with Crippen molar-refractivity contribution in [3.63, 3.8) is 0 Å². The summed E-state index contributed by atoms with van der Waals surface area (Å²) in [6, 6.07) is 0. The van der Waals surface area contributed by atoms with Crippen molar-refractivity contribution in [3.8, 4) is 0 Å². The average molecular weight is 258 g/mol. The summed E-state index contributed by atoms with van der Waals surface area (Å²) >= 11 is 2.25. The number of likely N-dealkylation sites (N-methyl/N-ethyl adjacent to an activating group) is 1. The van der Waals surface area contributed by atoms with Gasteiger partial charge in [-0.05, 0) is 0 Å². The Hall–Kier alpha value is 0.650. The number of quaternary nitrogens is 1. The standard InChI is InChI=1S/C7H17INO/c1-6(8)7(10)5-9(2,3)4/h6-7,10H,5H2,1-4H3/q+1. The maximum Gasteiger partial charge on any atom is 0.114 e. The van der Waals surface area contributed by atoms with Crippen LogP contribution in [-0.4, -0.2) is 47.3 Å². The summed E-state index contributed by atoms with van der Waals surface area (Å²) in [6.07, 6.45) is -0.180. The second-order valence-corrected chi connectivity index (χ2v) is 5.68. The molecule has 0 aromatic rings. The Kier molecular flexibility index (Phi) is 4.13. The molecule has 10 heavy (non-hydrogen) atoms. The van der Waals surface area contributed by atoms with Crippen molar-refractivity contribution in [1.29, 1.82) is 0 Å². The van der Waals surface area contributed by atoms with Crippen molar-refractivity contribution >= 4 is 22.6 Å². The average Bonchev–Trinajstić information content (AvgIpc) is 1.60. The van der Waals surface area contributed by atoms with E-state index in [1.165, 1.54) is 0 Å². The summed E-state index contributed by atoms with van der Waals surface area (Å²) in [5.74, 6) is 0. The first kappa shape index (κ1) is 10.7. The third kappa shape index (κ3) is 5.44. The van der Waals surface area contributed by atoms with Crippen molar-refractivity contribution in [3.05, 3.63) is 0 Å². The fourth-order valence-electron chi connectivity index (χ4n) is 0.706. The van der Waals surface area contributed by atoms with E-state index in [2.05, 4.69) is 43.7 Å². The minimum Gasteiger partial charge on any atom is -0.386 e. The van der Waals surface area contributed by atoms with Gasteiger partial charge in [0.2, 0.25) is 0 Å². The molecule has 0 bridgehead atoms. The Bertz CT molecular complexity index is 98.3. The summed E-state index contributed by atoms with van der Waals surface area (Å²) in [7, 11) is 6.26. The fraction of sp³-hybridized carbons (Fsp3) is 1.00. The van der Waals surface area contributed by atoms with Crippen LogP contribution in [0.3, 0.4) is 0 Å². The summed E-state index contributed by atoms with van der Waals surface area (Å²) in [5, 5.41) is 9.44. The van der Waals surface area contributed by atoms with Crippen molar-refractivity contribution in [1.82, 2.24) is 0 Å². The largest absolute Gasteiger partial charge is 0.386 e. The molecule has 3 heteroatoms. The normalized spacial score (nSPS) is 18.6. The van der Waals surface area contributed by atoms with Crippen LogP contribution >= 0.6 is 22.6 Å². The number of hydrogen-bond donors (Lipinski definition) is 1. The van der Waals surface area contributed by atoms with E-state index in [0.717, 1.165) is 11.0 Å². The quantitative estimate of drug-likeness (QED) is 0.452. The molecule has 2 atom stereocenters. The Morgan fingerprint density at radius 1 is 1.40 bits per heavy atom. The van der Waals surface area contributed by atoms with Gasteiger partial charge in [0, 0.05) is 3.92 Å². The van der Waals surface area contributed by atoms with Gasteiger partial charge in [0.15, 0.2) is 0 Å². The van der Waals surface area contributed by atoms with Crippen LogP contribution in [0.25, 0.3) is 0 Å².